The number of aryl methyl sites for hydroxylation is 1. The van der Waals surface area contributed by atoms with Crippen LogP contribution in [-0.4, -0.2) is 16.0 Å². The summed E-state index contributed by atoms with van der Waals surface area (Å²) in [5.41, 5.74) is 2.44. The molecule has 3 aromatic rings. The lowest BCUT2D eigenvalue weighted by atomic mass is 10.1. The zero-order chi connectivity index (χ0) is 18.7. The van der Waals surface area contributed by atoms with Gasteiger partial charge >= 0.3 is 12.1 Å². The fraction of sp³-hybridized carbons (Fsp3) is 0.167. The van der Waals surface area contributed by atoms with Gasteiger partial charge < -0.3 is 9.84 Å². The molecule has 1 N–H and O–H groups in total. The molecule has 5 nitrogen and oxygen atoms in total. The number of alkyl halides is 3. The number of carbonyl (C=O) groups excluding carboxylic acids is 1. The predicted octanol–water partition coefficient (Wildman–Crippen LogP) is 4.57. The van der Waals surface area contributed by atoms with Crippen molar-refractivity contribution in [1.82, 2.24) is 10.1 Å². The van der Waals surface area contributed by atoms with Gasteiger partial charge in [0.2, 0.25) is 5.82 Å². The van der Waals surface area contributed by atoms with Crippen LogP contribution in [-0.2, 0) is 12.6 Å². The Morgan fingerprint density at radius 3 is 2.50 bits per heavy atom. The number of benzene rings is 2. The average Bonchev–Trinajstić information content (AvgIpc) is 3.12. The van der Waals surface area contributed by atoms with E-state index in [2.05, 4.69) is 20.0 Å². The molecule has 0 bridgehead atoms. The molecular formula is C18H14F3N3O2. The number of carbonyl (C=O) groups is 1. The monoisotopic (exact) mass is 361 g/mol. The Labute approximate surface area is 146 Å². The van der Waals surface area contributed by atoms with Gasteiger partial charge in [-0.05, 0) is 36.2 Å². The zero-order valence-corrected chi connectivity index (χ0v) is 13.7. The van der Waals surface area contributed by atoms with Gasteiger partial charge in [0.05, 0.1) is 0 Å². The van der Waals surface area contributed by atoms with E-state index in [-0.39, 0.29) is 11.7 Å². The summed E-state index contributed by atoms with van der Waals surface area (Å²) in [7, 11) is 0. The van der Waals surface area contributed by atoms with Gasteiger partial charge in [-0.3, -0.25) is 4.79 Å². The number of anilines is 1. The van der Waals surface area contributed by atoms with Crippen LogP contribution in [0.1, 0.15) is 28.7 Å². The Morgan fingerprint density at radius 1 is 1.15 bits per heavy atom. The van der Waals surface area contributed by atoms with E-state index >= 15 is 0 Å². The Hall–Kier alpha value is -3.16. The minimum atomic E-state index is -4.70. The molecule has 0 fully saturated rings. The summed E-state index contributed by atoms with van der Waals surface area (Å²) in [6, 6.07) is 13.4. The van der Waals surface area contributed by atoms with Crippen LogP contribution in [0.25, 0.3) is 11.4 Å². The van der Waals surface area contributed by atoms with Crippen LogP contribution in [0.3, 0.4) is 0 Å². The van der Waals surface area contributed by atoms with Crippen molar-refractivity contribution in [2.24, 2.45) is 0 Å². The van der Waals surface area contributed by atoms with Crippen molar-refractivity contribution in [3.05, 3.63) is 65.5 Å². The molecule has 26 heavy (non-hydrogen) atoms. The van der Waals surface area contributed by atoms with Crippen molar-refractivity contribution in [3.8, 4) is 11.4 Å². The molecule has 0 saturated heterocycles. The lowest BCUT2D eigenvalue weighted by Gasteiger charge is -2.07. The number of nitrogens with one attached hydrogen (secondary N) is 1. The van der Waals surface area contributed by atoms with Crippen LogP contribution in [0.2, 0.25) is 0 Å². The lowest BCUT2D eigenvalue weighted by molar-refractivity contribution is -0.159. The fourth-order valence-electron chi connectivity index (χ4n) is 2.30. The van der Waals surface area contributed by atoms with E-state index in [1.165, 1.54) is 24.3 Å². The Morgan fingerprint density at radius 2 is 1.88 bits per heavy atom. The summed E-state index contributed by atoms with van der Waals surface area (Å²) in [5.74, 6) is -1.93. The first-order valence-electron chi connectivity index (χ1n) is 7.78. The number of rotatable bonds is 4. The van der Waals surface area contributed by atoms with Gasteiger partial charge in [-0.2, -0.15) is 18.2 Å². The van der Waals surface area contributed by atoms with E-state index in [1.807, 2.05) is 25.1 Å². The quantitative estimate of drug-likeness (QED) is 0.739. The molecule has 0 radical (unpaired) electrons. The highest BCUT2D eigenvalue weighted by Crippen LogP contribution is 2.29. The average molecular weight is 361 g/mol. The van der Waals surface area contributed by atoms with Crippen LogP contribution >= 0.6 is 0 Å². The molecule has 1 heterocycles. The first-order chi connectivity index (χ1) is 12.4. The van der Waals surface area contributed by atoms with E-state index in [0.717, 1.165) is 12.0 Å². The van der Waals surface area contributed by atoms with Crippen LogP contribution in [0, 0.1) is 0 Å². The molecule has 8 heteroatoms. The van der Waals surface area contributed by atoms with Gasteiger partial charge in [-0.1, -0.05) is 36.3 Å². The summed E-state index contributed by atoms with van der Waals surface area (Å²) in [6.45, 7) is 2.02. The van der Waals surface area contributed by atoms with Crippen molar-refractivity contribution < 1.29 is 22.5 Å². The number of halogens is 3. The number of hydrogen-bond donors (Lipinski definition) is 1. The molecular weight excluding hydrogens is 347 g/mol. The second-order valence-corrected chi connectivity index (χ2v) is 5.51. The SMILES string of the molecule is CCc1cccc(NC(=O)c2ccc(-c3noc(C(F)(F)F)n3)cc2)c1. The second kappa shape index (κ2) is 6.99. The third-order valence-electron chi connectivity index (χ3n) is 3.67. The maximum atomic E-state index is 12.5. The number of amides is 1. The van der Waals surface area contributed by atoms with Crippen LogP contribution in [0.5, 0.6) is 0 Å². The number of hydrogen-bond acceptors (Lipinski definition) is 4. The summed E-state index contributed by atoms with van der Waals surface area (Å²) < 4.78 is 41.7. The predicted molar refractivity (Wildman–Crippen MR) is 88.5 cm³/mol. The zero-order valence-electron chi connectivity index (χ0n) is 13.7. The van der Waals surface area contributed by atoms with E-state index in [9.17, 15) is 18.0 Å². The van der Waals surface area contributed by atoms with Gasteiger partial charge in [0.1, 0.15) is 0 Å². The number of aromatic nitrogens is 2. The summed E-state index contributed by atoms with van der Waals surface area (Å²) in [6.07, 6.45) is -3.85. The minimum absolute atomic E-state index is 0.195. The van der Waals surface area contributed by atoms with Crippen molar-refractivity contribution in [2.45, 2.75) is 19.5 Å². The topological polar surface area (TPSA) is 68.0 Å². The first-order valence-corrected chi connectivity index (χ1v) is 7.78. The molecule has 0 aliphatic carbocycles. The van der Waals surface area contributed by atoms with Crippen LogP contribution in [0.15, 0.2) is 53.1 Å². The molecule has 0 atom stereocenters. The van der Waals surface area contributed by atoms with Gasteiger partial charge in [-0.25, -0.2) is 0 Å². The van der Waals surface area contributed by atoms with Crippen LogP contribution in [0.4, 0.5) is 18.9 Å². The molecule has 3 rings (SSSR count). The number of nitrogens with zero attached hydrogens (tertiary/aromatic N) is 2. The van der Waals surface area contributed by atoms with E-state index in [0.29, 0.717) is 16.8 Å². The van der Waals surface area contributed by atoms with E-state index in [1.54, 1.807) is 6.07 Å². The Kier molecular flexibility index (Phi) is 4.75. The first kappa shape index (κ1) is 17.7. The molecule has 0 unspecified atom stereocenters. The summed E-state index contributed by atoms with van der Waals surface area (Å²) in [5, 5.41) is 6.09. The van der Waals surface area contributed by atoms with E-state index in [4.69, 9.17) is 0 Å². The molecule has 1 aromatic heterocycles. The Bertz CT molecular complexity index is 918. The molecule has 1 amide bonds. The molecule has 2 aromatic carbocycles. The van der Waals surface area contributed by atoms with Crippen molar-refractivity contribution in [2.75, 3.05) is 5.32 Å². The second-order valence-electron chi connectivity index (χ2n) is 5.51. The highest BCUT2D eigenvalue weighted by atomic mass is 19.4. The molecule has 0 aliphatic rings. The van der Waals surface area contributed by atoms with E-state index < -0.39 is 12.1 Å². The fourth-order valence-corrected chi connectivity index (χ4v) is 2.30. The van der Waals surface area contributed by atoms with Gasteiger partial charge in [0.25, 0.3) is 5.91 Å². The summed E-state index contributed by atoms with van der Waals surface area (Å²) in [4.78, 5) is 15.6. The molecule has 134 valence electrons. The largest absolute Gasteiger partial charge is 0.471 e. The highest BCUT2D eigenvalue weighted by Gasteiger charge is 2.38. The highest BCUT2D eigenvalue weighted by molar-refractivity contribution is 6.04. The third-order valence-corrected chi connectivity index (χ3v) is 3.67. The minimum Gasteiger partial charge on any atom is -0.329 e. The standard InChI is InChI=1S/C18H14F3N3O2/c1-2-11-4-3-5-14(10-11)22-16(25)13-8-6-12(7-9-13)15-23-17(26-24-15)18(19,20)21/h3-10H,2H2,1H3,(H,22,25). The van der Waals surface area contributed by atoms with Crippen molar-refractivity contribution >= 4 is 11.6 Å². The normalized spacial score (nSPS) is 11.4. The lowest BCUT2D eigenvalue weighted by Crippen LogP contribution is -2.11. The summed E-state index contributed by atoms with van der Waals surface area (Å²) >= 11 is 0. The Balaban J connectivity index is 1.74. The molecule has 0 aliphatic heterocycles. The van der Waals surface area contributed by atoms with Gasteiger partial charge in [0, 0.05) is 16.8 Å². The van der Waals surface area contributed by atoms with Crippen LogP contribution < -0.4 is 5.32 Å². The third kappa shape index (κ3) is 3.90. The smallest absolute Gasteiger partial charge is 0.329 e. The van der Waals surface area contributed by atoms with Gasteiger partial charge in [-0.15, -0.1) is 0 Å². The van der Waals surface area contributed by atoms with Crippen molar-refractivity contribution in [1.29, 1.82) is 0 Å². The molecule has 0 saturated carbocycles. The molecule has 0 spiro atoms. The van der Waals surface area contributed by atoms with Gasteiger partial charge in [0.15, 0.2) is 0 Å². The maximum absolute atomic E-state index is 12.5. The maximum Gasteiger partial charge on any atom is 0.471 e. The van der Waals surface area contributed by atoms with Crippen molar-refractivity contribution in [3.63, 3.8) is 0 Å².